The monoisotopic (exact) mass is 342 g/mol. The van der Waals surface area contributed by atoms with E-state index < -0.39 is 0 Å². The highest BCUT2D eigenvalue weighted by molar-refractivity contribution is 5.45. The third kappa shape index (κ3) is 3.31. The zero-order chi connectivity index (χ0) is 18.0. The van der Waals surface area contributed by atoms with Crippen molar-refractivity contribution in [3.8, 4) is 11.4 Å². The fourth-order valence-corrected chi connectivity index (χ4v) is 2.66. The second-order valence-electron chi connectivity index (χ2n) is 5.76. The molecule has 2 aromatic carbocycles. The Bertz CT molecular complexity index is 962. The predicted molar refractivity (Wildman–Crippen MR) is 91.4 cm³/mol. The van der Waals surface area contributed by atoms with Crippen molar-refractivity contribution in [3.05, 3.63) is 69.4 Å². The van der Waals surface area contributed by atoms with Gasteiger partial charge in [-0.1, -0.05) is 25.1 Å². The fraction of sp³-hybridized carbons (Fsp3) is 0.278. The van der Waals surface area contributed by atoms with Crippen LogP contribution in [0.1, 0.15) is 23.6 Å². The first-order valence-corrected chi connectivity index (χ1v) is 8.00. The topological polar surface area (TPSA) is 61.9 Å². The maximum Gasteiger partial charge on any atom is 0.368 e. The van der Waals surface area contributed by atoms with Crippen LogP contribution in [0.4, 0.5) is 4.39 Å². The molecule has 0 aliphatic rings. The van der Waals surface area contributed by atoms with E-state index in [1.807, 2.05) is 26.0 Å². The lowest BCUT2D eigenvalue weighted by Gasteiger charge is -2.15. The summed E-state index contributed by atoms with van der Waals surface area (Å²) in [5, 5.41) is 7.67. The van der Waals surface area contributed by atoms with Gasteiger partial charge >= 0.3 is 5.69 Å². The van der Waals surface area contributed by atoms with Crippen molar-refractivity contribution in [2.45, 2.75) is 26.9 Å². The summed E-state index contributed by atoms with van der Waals surface area (Å²) in [6, 6.07) is 10.1. The first-order chi connectivity index (χ1) is 12.0. The third-order valence-corrected chi connectivity index (χ3v) is 4.10. The van der Waals surface area contributed by atoms with Crippen molar-refractivity contribution in [1.29, 1.82) is 0 Å². The smallest absolute Gasteiger partial charge is 0.368 e. The number of tetrazole rings is 1. The number of hydrogen-bond acceptors (Lipinski definition) is 4. The number of benzene rings is 2. The van der Waals surface area contributed by atoms with Gasteiger partial charge in [-0.25, -0.2) is 9.18 Å². The lowest BCUT2D eigenvalue weighted by atomic mass is 10.0. The van der Waals surface area contributed by atoms with Gasteiger partial charge in [-0.2, -0.15) is 9.36 Å². The van der Waals surface area contributed by atoms with Gasteiger partial charge in [0.1, 0.15) is 18.2 Å². The Morgan fingerprint density at radius 2 is 2.00 bits per heavy atom. The zero-order valence-corrected chi connectivity index (χ0v) is 14.4. The summed E-state index contributed by atoms with van der Waals surface area (Å²) in [6.07, 6.45) is 0.768. The minimum atomic E-state index is -0.352. The second kappa shape index (κ2) is 6.88. The number of rotatable bonds is 5. The van der Waals surface area contributed by atoms with Crippen LogP contribution in [0.25, 0.3) is 5.69 Å². The van der Waals surface area contributed by atoms with Gasteiger partial charge in [0, 0.05) is 18.7 Å². The van der Waals surface area contributed by atoms with Gasteiger partial charge in [0.15, 0.2) is 0 Å². The van der Waals surface area contributed by atoms with E-state index in [1.165, 1.54) is 21.5 Å². The number of aromatic nitrogens is 4. The molecule has 7 heteroatoms. The van der Waals surface area contributed by atoms with Gasteiger partial charge in [0.25, 0.3) is 0 Å². The second-order valence-corrected chi connectivity index (χ2v) is 5.76. The van der Waals surface area contributed by atoms with E-state index in [9.17, 15) is 9.18 Å². The molecule has 130 valence electrons. The van der Waals surface area contributed by atoms with E-state index in [1.54, 1.807) is 19.2 Å². The molecule has 0 aliphatic heterocycles. The molecule has 25 heavy (non-hydrogen) atoms. The summed E-state index contributed by atoms with van der Waals surface area (Å²) in [7, 11) is 1.54. The molecule has 0 amide bonds. The first-order valence-electron chi connectivity index (χ1n) is 8.00. The zero-order valence-electron chi connectivity index (χ0n) is 14.4. The number of halogens is 1. The Hall–Kier alpha value is -2.96. The number of hydrogen-bond donors (Lipinski definition) is 0. The molecule has 0 radical (unpaired) electrons. The van der Waals surface area contributed by atoms with E-state index in [4.69, 9.17) is 4.74 Å². The summed E-state index contributed by atoms with van der Waals surface area (Å²) in [6.45, 7) is 4.08. The van der Waals surface area contributed by atoms with Crippen LogP contribution in [-0.2, 0) is 20.1 Å². The van der Waals surface area contributed by atoms with Crippen molar-refractivity contribution < 1.29 is 9.13 Å². The van der Waals surface area contributed by atoms with Crippen LogP contribution < -0.4 is 10.4 Å². The summed E-state index contributed by atoms with van der Waals surface area (Å²) in [4.78, 5) is 12.2. The lowest BCUT2D eigenvalue weighted by Crippen LogP contribution is -2.23. The lowest BCUT2D eigenvalue weighted by molar-refractivity contribution is 0.300. The van der Waals surface area contributed by atoms with Crippen molar-refractivity contribution in [3.63, 3.8) is 0 Å². The third-order valence-electron chi connectivity index (χ3n) is 4.10. The van der Waals surface area contributed by atoms with Crippen LogP contribution in [0, 0.1) is 12.7 Å². The molecule has 0 spiro atoms. The van der Waals surface area contributed by atoms with Crippen LogP contribution in [0.5, 0.6) is 5.75 Å². The maximum absolute atomic E-state index is 13.5. The molecule has 3 rings (SSSR count). The van der Waals surface area contributed by atoms with Gasteiger partial charge in [-0.05, 0) is 47.0 Å². The van der Waals surface area contributed by atoms with Crippen LogP contribution in [0.3, 0.4) is 0 Å². The van der Waals surface area contributed by atoms with Crippen LogP contribution >= 0.6 is 0 Å². The number of ether oxygens (including phenoxy) is 1. The van der Waals surface area contributed by atoms with Gasteiger partial charge < -0.3 is 4.74 Å². The molecule has 0 saturated carbocycles. The standard InChI is InChI=1S/C18H19FN4O2/c1-4-13-6-5-7-16(23-18(24)22(3)20-21-23)15(13)11-25-17-10-14(19)9-8-12(17)2/h5-10H,4,11H2,1-3H3. The number of aryl methyl sites for hydroxylation is 3. The van der Waals surface area contributed by atoms with E-state index in [0.29, 0.717) is 11.4 Å². The van der Waals surface area contributed by atoms with Crippen molar-refractivity contribution in [1.82, 2.24) is 19.8 Å². The van der Waals surface area contributed by atoms with Crippen molar-refractivity contribution >= 4 is 0 Å². The van der Waals surface area contributed by atoms with Crippen molar-refractivity contribution in [2.75, 3.05) is 0 Å². The SMILES string of the molecule is CCc1cccc(-n2nnn(C)c2=O)c1COc1cc(F)ccc1C. The highest BCUT2D eigenvalue weighted by atomic mass is 19.1. The minimum Gasteiger partial charge on any atom is -0.488 e. The Morgan fingerprint density at radius 1 is 1.20 bits per heavy atom. The molecule has 6 nitrogen and oxygen atoms in total. The molecular weight excluding hydrogens is 323 g/mol. The maximum atomic E-state index is 13.5. The molecule has 0 fully saturated rings. The van der Waals surface area contributed by atoms with Crippen molar-refractivity contribution in [2.24, 2.45) is 7.05 Å². The van der Waals surface area contributed by atoms with E-state index >= 15 is 0 Å². The predicted octanol–water partition coefficient (Wildman–Crippen LogP) is 2.55. The largest absolute Gasteiger partial charge is 0.488 e. The molecule has 3 aromatic rings. The summed E-state index contributed by atoms with van der Waals surface area (Å²) >= 11 is 0. The van der Waals surface area contributed by atoms with Gasteiger partial charge in [0.05, 0.1) is 5.69 Å². The van der Waals surface area contributed by atoms with Gasteiger partial charge in [0.2, 0.25) is 0 Å². The molecule has 1 heterocycles. The van der Waals surface area contributed by atoms with Crippen LogP contribution in [0.2, 0.25) is 0 Å². The average molecular weight is 342 g/mol. The molecule has 0 unspecified atom stereocenters. The molecule has 0 N–H and O–H groups in total. The Morgan fingerprint density at radius 3 is 2.68 bits per heavy atom. The first kappa shape index (κ1) is 16.9. The normalized spacial score (nSPS) is 10.9. The van der Waals surface area contributed by atoms with Crippen LogP contribution in [0.15, 0.2) is 41.2 Å². The molecule has 0 aliphatic carbocycles. The highest BCUT2D eigenvalue weighted by Gasteiger charge is 2.15. The van der Waals surface area contributed by atoms with E-state index in [2.05, 4.69) is 10.4 Å². The summed E-state index contributed by atoms with van der Waals surface area (Å²) < 4.78 is 21.7. The quantitative estimate of drug-likeness (QED) is 0.715. The summed E-state index contributed by atoms with van der Waals surface area (Å²) in [5.74, 6) is 0.123. The highest BCUT2D eigenvalue weighted by Crippen LogP contribution is 2.24. The van der Waals surface area contributed by atoms with Crippen LogP contribution in [-0.4, -0.2) is 19.8 Å². The molecule has 0 saturated heterocycles. The molecule has 1 aromatic heterocycles. The average Bonchev–Trinajstić information content (AvgIpc) is 2.94. The molecule has 0 atom stereocenters. The molecule has 0 bridgehead atoms. The Labute approximate surface area is 144 Å². The minimum absolute atomic E-state index is 0.201. The Kier molecular flexibility index (Phi) is 4.65. The van der Waals surface area contributed by atoms with E-state index in [-0.39, 0.29) is 18.1 Å². The summed E-state index contributed by atoms with van der Waals surface area (Å²) in [5.41, 5.74) is 2.98. The molecular formula is C18H19FN4O2. The van der Waals surface area contributed by atoms with E-state index in [0.717, 1.165) is 23.1 Å². The Balaban J connectivity index is 2.01. The van der Waals surface area contributed by atoms with Gasteiger partial charge in [-0.3, -0.25) is 0 Å². The van der Waals surface area contributed by atoms with Gasteiger partial charge in [-0.15, -0.1) is 0 Å². The number of nitrogens with zero attached hydrogens (tertiary/aromatic N) is 4. The fourth-order valence-electron chi connectivity index (χ4n) is 2.66.